The van der Waals surface area contributed by atoms with Gasteiger partial charge in [-0.05, 0) is 0 Å². The molecule has 3 heteroatoms. The Kier molecular flexibility index (Phi) is 3.08. The molecule has 0 bridgehead atoms. The summed E-state index contributed by atoms with van der Waals surface area (Å²) in [6.45, 7) is 4.87. The van der Waals surface area contributed by atoms with Gasteiger partial charge in [0.2, 0.25) is 0 Å². The third kappa shape index (κ3) is 2.15. The lowest BCUT2D eigenvalue weighted by atomic mass is 9.95. The fourth-order valence-corrected chi connectivity index (χ4v) is 2.38. The fraction of sp³-hybridized carbons (Fsp3) is 0.308. The van der Waals surface area contributed by atoms with Crippen LogP contribution in [0.25, 0.3) is 11.3 Å². The van der Waals surface area contributed by atoms with Gasteiger partial charge in [0.05, 0.1) is 5.69 Å². The molecule has 0 amide bonds. The molecule has 0 unspecified atom stereocenters. The molecule has 1 heterocycles. The van der Waals surface area contributed by atoms with Crippen molar-refractivity contribution in [3.63, 3.8) is 0 Å². The first-order chi connectivity index (χ1) is 7.63. The highest BCUT2D eigenvalue weighted by molar-refractivity contribution is 7.10. The van der Waals surface area contributed by atoms with Crippen LogP contribution in [0.5, 0.6) is 0 Å². The highest BCUT2D eigenvalue weighted by atomic mass is 32.1. The van der Waals surface area contributed by atoms with E-state index in [1.807, 2.05) is 18.2 Å². The van der Waals surface area contributed by atoms with Gasteiger partial charge in [0.15, 0.2) is 0 Å². The number of benzene rings is 1. The minimum absolute atomic E-state index is 0.0301. The zero-order valence-electron chi connectivity index (χ0n) is 9.60. The number of hydrogen-bond donors (Lipinski definition) is 1. The van der Waals surface area contributed by atoms with Crippen LogP contribution in [0.1, 0.15) is 18.9 Å². The summed E-state index contributed by atoms with van der Waals surface area (Å²) in [7, 11) is 0. The second-order valence-corrected chi connectivity index (χ2v) is 5.35. The van der Waals surface area contributed by atoms with Gasteiger partial charge in [-0.25, -0.2) is 4.98 Å². The van der Waals surface area contributed by atoms with Gasteiger partial charge in [0.25, 0.3) is 0 Å². The molecule has 16 heavy (non-hydrogen) atoms. The Bertz CT molecular complexity index is 460. The van der Waals surface area contributed by atoms with Crippen molar-refractivity contribution in [2.75, 3.05) is 6.54 Å². The van der Waals surface area contributed by atoms with Gasteiger partial charge in [0, 0.05) is 22.9 Å². The predicted octanol–water partition coefficient (Wildman–Crippen LogP) is 3.05. The van der Waals surface area contributed by atoms with E-state index in [4.69, 9.17) is 5.73 Å². The summed E-state index contributed by atoms with van der Waals surface area (Å²) >= 11 is 1.68. The number of thiazole rings is 1. The molecule has 0 saturated heterocycles. The molecule has 0 aliphatic rings. The van der Waals surface area contributed by atoms with Crippen molar-refractivity contribution >= 4 is 11.3 Å². The first kappa shape index (κ1) is 11.3. The summed E-state index contributed by atoms with van der Waals surface area (Å²) in [6.07, 6.45) is 0. The molecule has 2 rings (SSSR count). The molecule has 2 N–H and O–H groups in total. The van der Waals surface area contributed by atoms with Gasteiger partial charge in [-0.3, -0.25) is 0 Å². The SMILES string of the molecule is CC(C)(CN)c1nc(-c2ccccc2)cs1. The van der Waals surface area contributed by atoms with Crippen LogP contribution in [-0.2, 0) is 5.41 Å². The van der Waals surface area contributed by atoms with Crippen molar-refractivity contribution in [1.82, 2.24) is 4.98 Å². The molecule has 2 aromatic rings. The van der Waals surface area contributed by atoms with Gasteiger partial charge in [-0.1, -0.05) is 44.2 Å². The number of hydrogen-bond acceptors (Lipinski definition) is 3. The Morgan fingerprint density at radius 3 is 2.56 bits per heavy atom. The van der Waals surface area contributed by atoms with Crippen molar-refractivity contribution in [3.8, 4) is 11.3 Å². The van der Waals surface area contributed by atoms with E-state index >= 15 is 0 Å². The third-order valence-corrected chi connectivity index (χ3v) is 3.87. The van der Waals surface area contributed by atoms with E-state index in [1.54, 1.807) is 11.3 Å². The van der Waals surface area contributed by atoms with E-state index in [0.29, 0.717) is 6.54 Å². The topological polar surface area (TPSA) is 38.9 Å². The summed E-state index contributed by atoms with van der Waals surface area (Å²) in [5.41, 5.74) is 7.93. The molecule has 0 fully saturated rings. The predicted molar refractivity (Wildman–Crippen MR) is 69.6 cm³/mol. The number of rotatable bonds is 3. The summed E-state index contributed by atoms with van der Waals surface area (Å²) in [6, 6.07) is 10.2. The Morgan fingerprint density at radius 2 is 1.94 bits per heavy atom. The van der Waals surface area contributed by atoms with E-state index in [-0.39, 0.29) is 5.41 Å². The highest BCUT2D eigenvalue weighted by Gasteiger charge is 2.22. The lowest BCUT2D eigenvalue weighted by Crippen LogP contribution is -2.27. The fourth-order valence-electron chi connectivity index (χ4n) is 1.41. The van der Waals surface area contributed by atoms with Gasteiger partial charge in [0.1, 0.15) is 5.01 Å². The molecule has 2 nitrogen and oxygen atoms in total. The molecule has 0 radical (unpaired) electrons. The summed E-state index contributed by atoms with van der Waals surface area (Å²) in [5, 5.41) is 3.20. The smallest absolute Gasteiger partial charge is 0.100 e. The summed E-state index contributed by atoms with van der Waals surface area (Å²) in [4.78, 5) is 4.66. The van der Waals surface area contributed by atoms with Crippen molar-refractivity contribution in [1.29, 1.82) is 0 Å². The molecular weight excluding hydrogens is 216 g/mol. The maximum Gasteiger partial charge on any atom is 0.100 e. The molecule has 0 atom stereocenters. The second-order valence-electron chi connectivity index (χ2n) is 4.49. The maximum atomic E-state index is 5.75. The van der Waals surface area contributed by atoms with E-state index in [9.17, 15) is 0 Å². The van der Waals surface area contributed by atoms with Crippen LogP contribution in [0.15, 0.2) is 35.7 Å². The van der Waals surface area contributed by atoms with Gasteiger partial charge in [-0.2, -0.15) is 0 Å². The minimum Gasteiger partial charge on any atom is -0.330 e. The van der Waals surface area contributed by atoms with Crippen LogP contribution in [0, 0.1) is 0 Å². The molecule has 0 aliphatic heterocycles. The Morgan fingerprint density at radius 1 is 1.25 bits per heavy atom. The summed E-state index contributed by atoms with van der Waals surface area (Å²) < 4.78 is 0. The largest absolute Gasteiger partial charge is 0.330 e. The zero-order valence-corrected chi connectivity index (χ0v) is 10.4. The number of aromatic nitrogens is 1. The summed E-state index contributed by atoms with van der Waals surface area (Å²) in [5.74, 6) is 0. The quantitative estimate of drug-likeness (QED) is 0.883. The lowest BCUT2D eigenvalue weighted by molar-refractivity contribution is 0.536. The zero-order chi connectivity index (χ0) is 11.6. The van der Waals surface area contributed by atoms with Gasteiger partial charge in [-0.15, -0.1) is 11.3 Å². The number of nitrogens with two attached hydrogens (primary N) is 1. The molecular formula is C13H16N2S. The van der Waals surface area contributed by atoms with Crippen LogP contribution in [0.3, 0.4) is 0 Å². The van der Waals surface area contributed by atoms with Gasteiger partial charge < -0.3 is 5.73 Å². The third-order valence-electron chi connectivity index (χ3n) is 2.66. The Labute approximate surface area is 100 Å². The molecule has 84 valence electrons. The maximum absolute atomic E-state index is 5.75. The first-order valence-corrected chi connectivity index (χ1v) is 6.23. The van der Waals surface area contributed by atoms with Crippen molar-refractivity contribution in [2.45, 2.75) is 19.3 Å². The van der Waals surface area contributed by atoms with Crippen LogP contribution < -0.4 is 5.73 Å². The Balaban J connectivity index is 2.34. The highest BCUT2D eigenvalue weighted by Crippen LogP contribution is 2.29. The van der Waals surface area contributed by atoms with Crippen LogP contribution in [0.2, 0.25) is 0 Å². The first-order valence-electron chi connectivity index (χ1n) is 5.35. The average molecular weight is 232 g/mol. The van der Waals surface area contributed by atoms with Crippen LogP contribution >= 0.6 is 11.3 Å². The molecule has 0 saturated carbocycles. The van der Waals surface area contributed by atoms with Crippen molar-refractivity contribution in [2.24, 2.45) is 5.73 Å². The number of nitrogens with zero attached hydrogens (tertiary/aromatic N) is 1. The lowest BCUT2D eigenvalue weighted by Gasteiger charge is -2.18. The van der Waals surface area contributed by atoms with E-state index in [1.165, 1.54) is 0 Å². The monoisotopic (exact) mass is 232 g/mol. The van der Waals surface area contributed by atoms with E-state index in [0.717, 1.165) is 16.3 Å². The standard InChI is InChI=1S/C13H16N2S/c1-13(2,9-14)12-15-11(8-16-12)10-6-4-3-5-7-10/h3-8H,9,14H2,1-2H3. The second kappa shape index (κ2) is 4.36. The average Bonchev–Trinajstić information content (AvgIpc) is 2.80. The molecule has 1 aromatic carbocycles. The van der Waals surface area contributed by atoms with E-state index in [2.05, 4.69) is 36.3 Å². The molecule has 0 spiro atoms. The van der Waals surface area contributed by atoms with Crippen LogP contribution in [0.4, 0.5) is 0 Å². The normalized spacial score (nSPS) is 11.7. The minimum atomic E-state index is -0.0301. The van der Waals surface area contributed by atoms with Crippen molar-refractivity contribution < 1.29 is 0 Å². The van der Waals surface area contributed by atoms with Crippen LogP contribution in [-0.4, -0.2) is 11.5 Å². The van der Waals surface area contributed by atoms with Crippen molar-refractivity contribution in [3.05, 3.63) is 40.7 Å². The Hall–Kier alpha value is -1.19. The molecule has 1 aromatic heterocycles. The molecule has 0 aliphatic carbocycles. The van der Waals surface area contributed by atoms with Gasteiger partial charge >= 0.3 is 0 Å². The van der Waals surface area contributed by atoms with E-state index < -0.39 is 0 Å².